The number of hydrogen-bond donors (Lipinski definition) is 1. The zero-order valence-corrected chi connectivity index (χ0v) is 11.7. The van der Waals surface area contributed by atoms with Crippen LogP contribution in [0.5, 0.6) is 0 Å². The van der Waals surface area contributed by atoms with Crippen molar-refractivity contribution < 1.29 is 0 Å². The molecule has 0 aliphatic heterocycles. The molecule has 0 spiro atoms. The van der Waals surface area contributed by atoms with Gasteiger partial charge in [-0.15, -0.1) is 0 Å². The molecule has 90 valence electrons. The van der Waals surface area contributed by atoms with Crippen molar-refractivity contribution in [1.82, 2.24) is 4.98 Å². The lowest BCUT2D eigenvalue weighted by Gasteiger charge is -2.07. The van der Waals surface area contributed by atoms with Crippen LogP contribution in [0.3, 0.4) is 0 Å². The Balaban J connectivity index is 2.06. The predicted molar refractivity (Wildman–Crippen MR) is 75.4 cm³/mol. The highest BCUT2D eigenvalue weighted by Crippen LogP contribution is 2.20. The lowest BCUT2D eigenvalue weighted by molar-refractivity contribution is 1.11. The predicted octanol–water partition coefficient (Wildman–Crippen LogP) is 3.98. The van der Waals surface area contributed by atoms with Gasteiger partial charge in [0.25, 0.3) is 0 Å². The van der Waals surface area contributed by atoms with Crippen molar-refractivity contribution in [2.45, 2.75) is 6.54 Å². The second-order valence-corrected chi connectivity index (χ2v) is 4.97. The molecule has 2 aromatic rings. The SMILES string of the molecule is N#Cc1cnc(NCc2ccc(Br)cc2)c(Cl)c1. The first-order valence-corrected chi connectivity index (χ1v) is 6.40. The van der Waals surface area contributed by atoms with Crippen molar-refractivity contribution in [2.75, 3.05) is 5.32 Å². The third kappa shape index (κ3) is 3.22. The number of nitriles is 1. The van der Waals surface area contributed by atoms with E-state index in [0.717, 1.165) is 10.0 Å². The number of benzene rings is 1. The van der Waals surface area contributed by atoms with Gasteiger partial charge in [0.1, 0.15) is 11.9 Å². The van der Waals surface area contributed by atoms with E-state index >= 15 is 0 Å². The number of nitrogens with zero attached hydrogens (tertiary/aromatic N) is 2. The minimum atomic E-state index is 0.450. The Morgan fingerprint density at radius 3 is 2.67 bits per heavy atom. The smallest absolute Gasteiger partial charge is 0.145 e. The van der Waals surface area contributed by atoms with Gasteiger partial charge < -0.3 is 5.32 Å². The summed E-state index contributed by atoms with van der Waals surface area (Å²) in [5.41, 5.74) is 1.58. The molecule has 1 aromatic carbocycles. The number of rotatable bonds is 3. The van der Waals surface area contributed by atoms with Gasteiger partial charge in [-0.2, -0.15) is 5.26 Å². The standard InChI is InChI=1S/C13H9BrClN3/c14-11-3-1-9(2-4-11)7-17-13-12(15)5-10(6-16)8-18-13/h1-5,8H,7H2,(H,17,18). The van der Waals surface area contributed by atoms with Crippen molar-refractivity contribution in [3.63, 3.8) is 0 Å². The molecule has 0 saturated carbocycles. The van der Waals surface area contributed by atoms with Gasteiger partial charge >= 0.3 is 0 Å². The summed E-state index contributed by atoms with van der Waals surface area (Å²) in [6, 6.07) is 11.6. The number of nitrogens with one attached hydrogen (secondary N) is 1. The average molecular weight is 323 g/mol. The Kier molecular flexibility index (Phi) is 4.19. The number of halogens is 2. The fraction of sp³-hybridized carbons (Fsp3) is 0.0769. The molecule has 1 heterocycles. The van der Waals surface area contributed by atoms with Crippen molar-refractivity contribution >= 4 is 33.3 Å². The maximum atomic E-state index is 8.71. The van der Waals surface area contributed by atoms with Gasteiger partial charge in [-0.3, -0.25) is 0 Å². The topological polar surface area (TPSA) is 48.7 Å². The van der Waals surface area contributed by atoms with Crippen LogP contribution < -0.4 is 5.32 Å². The molecular weight excluding hydrogens is 314 g/mol. The maximum Gasteiger partial charge on any atom is 0.145 e. The minimum Gasteiger partial charge on any atom is -0.365 e. The Bertz CT molecular complexity index is 590. The van der Waals surface area contributed by atoms with Crippen LogP contribution in [0.2, 0.25) is 5.02 Å². The van der Waals surface area contributed by atoms with E-state index in [4.69, 9.17) is 16.9 Å². The molecule has 2 rings (SSSR count). The van der Waals surface area contributed by atoms with Crippen LogP contribution in [-0.2, 0) is 6.54 Å². The Hall–Kier alpha value is -1.57. The third-order valence-corrected chi connectivity index (χ3v) is 3.16. The fourth-order valence-electron chi connectivity index (χ4n) is 1.42. The molecule has 0 amide bonds. The molecular formula is C13H9BrClN3. The highest BCUT2D eigenvalue weighted by Gasteiger charge is 2.03. The van der Waals surface area contributed by atoms with Crippen LogP contribution in [0, 0.1) is 11.3 Å². The molecule has 0 radical (unpaired) electrons. The highest BCUT2D eigenvalue weighted by atomic mass is 79.9. The van der Waals surface area contributed by atoms with E-state index < -0.39 is 0 Å². The zero-order chi connectivity index (χ0) is 13.0. The first-order chi connectivity index (χ1) is 8.69. The van der Waals surface area contributed by atoms with Crippen LogP contribution in [0.15, 0.2) is 41.0 Å². The first kappa shape index (κ1) is 12.9. The van der Waals surface area contributed by atoms with Crippen molar-refractivity contribution in [2.24, 2.45) is 0 Å². The van der Waals surface area contributed by atoms with E-state index in [-0.39, 0.29) is 0 Å². The van der Waals surface area contributed by atoms with Crippen LogP contribution in [0.4, 0.5) is 5.82 Å². The van der Waals surface area contributed by atoms with Gasteiger partial charge in [0.15, 0.2) is 0 Å². The van der Waals surface area contributed by atoms with Crippen molar-refractivity contribution in [1.29, 1.82) is 5.26 Å². The monoisotopic (exact) mass is 321 g/mol. The third-order valence-electron chi connectivity index (χ3n) is 2.34. The van der Waals surface area contributed by atoms with E-state index in [1.165, 1.54) is 6.20 Å². The number of aromatic nitrogens is 1. The summed E-state index contributed by atoms with van der Waals surface area (Å²) in [4.78, 5) is 4.11. The van der Waals surface area contributed by atoms with Crippen LogP contribution >= 0.6 is 27.5 Å². The number of anilines is 1. The largest absolute Gasteiger partial charge is 0.365 e. The van der Waals surface area contributed by atoms with E-state index in [0.29, 0.717) is 22.9 Å². The summed E-state index contributed by atoms with van der Waals surface area (Å²) in [5, 5.41) is 12.3. The average Bonchev–Trinajstić information content (AvgIpc) is 2.39. The minimum absolute atomic E-state index is 0.450. The molecule has 1 N–H and O–H groups in total. The Morgan fingerprint density at radius 1 is 1.33 bits per heavy atom. The van der Waals surface area contributed by atoms with Gasteiger partial charge in [0, 0.05) is 17.2 Å². The van der Waals surface area contributed by atoms with E-state index in [1.54, 1.807) is 6.07 Å². The fourth-order valence-corrected chi connectivity index (χ4v) is 1.91. The molecule has 0 aliphatic carbocycles. The Labute approximate surface area is 119 Å². The molecule has 5 heteroatoms. The number of hydrogen-bond acceptors (Lipinski definition) is 3. The Morgan fingerprint density at radius 2 is 2.06 bits per heavy atom. The van der Waals surface area contributed by atoms with Crippen LogP contribution in [-0.4, -0.2) is 4.98 Å². The summed E-state index contributed by atoms with van der Waals surface area (Å²) < 4.78 is 1.04. The molecule has 0 saturated heterocycles. The molecule has 0 fully saturated rings. The molecule has 0 unspecified atom stereocenters. The second kappa shape index (κ2) is 5.85. The van der Waals surface area contributed by atoms with Crippen LogP contribution in [0.25, 0.3) is 0 Å². The van der Waals surface area contributed by atoms with E-state index in [9.17, 15) is 0 Å². The lowest BCUT2D eigenvalue weighted by atomic mass is 10.2. The molecule has 0 aliphatic rings. The van der Waals surface area contributed by atoms with Gasteiger partial charge in [0.2, 0.25) is 0 Å². The van der Waals surface area contributed by atoms with Crippen LogP contribution in [0.1, 0.15) is 11.1 Å². The molecule has 0 atom stereocenters. The second-order valence-electron chi connectivity index (χ2n) is 3.65. The summed E-state index contributed by atoms with van der Waals surface area (Å²) in [6.07, 6.45) is 1.50. The van der Waals surface area contributed by atoms with E-state index in [2.05, 4.69) is 26.2 Å². The van der Waals surface area contributed by atoms with E-state index in [1.807, 2.05) is 30.3 Å². The normalized spacial score (nSPS) is 9.83. The summed E-state index contributed by atoms with van der Waals surface area (Å²) >= 11 is 9.40. The maximum absolute atomic E-state index is 8.71. The van der Waals surface area contributed by atoms with Gasteiger partial charge in [-0.1, -0.05) is 39.7 Å². The zero-order valence-electron chi connectivity index (χ0n) is 9.32. The van der Waals surface area contributed by atoms with Crippen molar-refractivity contribution in [3.8, 4) is 6.07 Å². The van der Waals surface area contributed by atoms with Gasteiger partial charge in [0.05, 0.1) is 10.6 Å². The number of pyridine rings is 1. The quantitative estimate of drug-likeness (QED) is 0.930. The van der Waals surface area contributed by atoms with Gasteiger partial charge in [-0.25, -0.2) is 4.98 Å². The lowest BCUT2D eigenvalue weighted by Crippen LogP contribution is -2.02. The summed E-state index contributed by atoms with van der Waals surface area (Å²) in [5.74, 6) is 0.582. The molecule has 3 nitrogen and oxygen atoms in total. The highest BCUT2D eigenvalue weighted by molar-refractivity contribution is 9.10. The van der Waals surface area contributed by atoms with Crippen molar-refractivity contribution in [3.05, 3.63) is 57.2 Å². The van der Waals surface area contributed by atoms with Gasteiger partial charge in [-0.05, 0) is 23.8 Å². The molecule has 0 bridgehead atoms. The summed E-state index contributed by atoms with van der Waals surface area (Å²) in [7, 11) is 0. The first-order valence-electron chi connectivity index (χ1n) is 5.23. The summed E-state index contributed by atoms with van der Waals surface area (Å²) in [6.45, 7) is 0.631. The molecule has 18 heavy (non-hydrogen) atoms. The molecule has 1 aromatic heterocycles.